The van der Waals surface area contributed by atoms with E-state index in [1.54, 1.807) is 0 Å². The molecule has 1 unspecified atom stereocenters. The molecule has 0 spiro atoms. The van der Waals surface area contributed by atoms with Crippen LogP contribution in [0.15, 0.2) is 36.6 Å². The molecule has 0 bridgehead atoms. The molecule has 1 aromatic carbocycles. The molecule has 0 radical (unpaired) electrons. The van der Waals surface area contributed by atoms with Gasteiger partial charge in [0.1, 0.15) is 11.6 Å². The molecule has 14 heavy (non-hydrogen) atoms. The van der Waals surface area contributed by atoms with Crippen molar-refractivity contribution in [2.24, 2.45) is 0 Å². The molecular formula is C10H7FO3. The third-order valence-electron chi connectivity index (χ3n) is 1.75. The lowest BCUT2D eigenvalue weighted by Crippen LogP contribution is -2.21. The maximum atomic E-state index is 12.5. The average molecular weight is 194 g/mol. The third kappa shape index (κ3) is 1.74. The summed E-state index contributed by atoms with van der Waals surface area (Å²) >= 11 is 0. The highest BCUT2D eigenvalue weighted by Crippen LogP contribution is 2.16. The van der Waals surface area contributed by atoms with E-state index in [4.69, 9.17) is 4.74 Å². The lowest BCUT2D eigenvalue weighted by molar-refractivity contribution is -0.141. The van der Waals surface area contributed by atoms with Gasteiger partial charge in [0.15, 0.2) is 0 Å². The Hall–Kier alpha value is -1.84. The minimum Gasteiger partial charge on any atom is -0.474 e. The first-order valence-corrected chi connectivity index (χ1v) is 4.05. The van der Waals surface area contributed by atoms with Crippen LogP contribution in [0.25, 0.3) is 0 Å². The molecule has 3 nitrogen and oxygen atoms in total. The minimum atomic E-state index is -0.722. The summed E-state index contributed by atoms with van der Waals surface area (Å²) in [6.07, 6.45) is 2.04. The predicted molar refractivity (Wildman–Crippen MR) is 46.0 cm³/mol. The van der Waals surface area contributed by atoms with Crippen LogP contribution >= 0.6 is 0 Å². The van der Waals surface area contributed by atoms with E-state index >= 15 is 0 Å². The molecule has 0 amide bonds. The second-order valence-electron chi connectivity index (χ2n) is 2.76. The van der Waals surface area contributed by atoms with E-state index < -0.39 is 12.1 Å². The molecule has 0 aromatic heterocycles. The first-order chi connectivity index (χ1) is 6.75. The number of hydrogen-bond acceptors (Lipinski definition) is 3. The third-order valence-corrected chi connectivity index (χ3v) is 1.75. The van der Waals surface area contributed by atoms with Crippen LogP contribution in [0.5, 0.6) is 5.75 Å². The van der Waals surface area contributed by atoms with E-state index in [2.05, 4.69) is 4.74 Å². The van der Waals surface area contributed by atoms with Gasteiger partial charge in [0.2, 0.25) is 6.10 Å². The van der Waals surface area contributed by atoms with E-state index in [-0.39, 0.29) is 5.82 Å². The molecule has 0 N–H and O–H groups in total. The van der Waals surface area contributed by atoms with Crippen LogP contribution < -0.4 is 4.74 Å². The van der Waals surface area contributed by atoms with Crippen LogP contribution in [-0.4, -0.2) is 12.1 Å². The number of cyclic esters (lactones) is 1. The summed E-state index contributed by atoms with van der Waals surface area (Å²) in [5.41, 5.74) is 0. The Labute approximate surface area is 79.7 Å². The molecule has 1 heterocycles. The zero-order valence-corrected chi connectivity index (χ0v) is 7.14. The highest BCUT2D eigenvalue weighted by molar-refractivity contribution is 5.80. The van der Waals surface area contributed by atoms with Crippen LogP contribution in [0.1, 0.15) is 0 Å². The summed E-state index contributed by atoms with van der Waals surface area (Å²) in [5, 5.41) is 0. The van der Waals surface area contributed by atoms with Crippen molar-refractivity contribution in [3.05, 3.63) is 42.4 Å². The molecule has 2 rings (SSSR count). The Morgan fingerprint density at radius 2 is 2.00 bits per heavy atom. The van der Waals surface area contributed by atoms with Crippen LogP contribution in [-0.2, 0) is 9.53 Å². The van der Waals surface area contributed by atoms with Crippen molar-refractivity contribution in [1.82, 2.24) is 0 Å². The number of benzene rings is 1. The molecule has 4 heteroatoms. The Balaban J connectivity index is 2.07. The van der Waals surface area contributed by atoms with Gasteiger partial charge in [-0.25, -0.2) is 9.18 Å². The number of esters is 1. The fourth-order valence-corrected chi connectivity index (χ4v) is 1.07. The van der Waals surface area contributed by atoms with Gasteiger partial charge in [0.25, 0.3) is 0 Å². The van der Waals surface area contributed by atoms with Gasteiger partial charge in [0.05, 0.1) is 6.26 Å². The Bertz CT molecular complexity index is 369. The van der Waals surface area contributed by atoms with E-state index in [0.29, 0.717) is 5.75 Å². The van der Waals surface area contributed by atoms with Crippen molar-refractivity contribution < 1.29 is 18.7 Å². The number of hydrogen-bond donors (Lipinski definition) is 0. The second kappa shape index (κ2) is 3.49. The first kappa shape index (κ1) is 8.74. The molecule has 1 atom stereocenters. The monoisotopic (exact) mass is 194 g/mol. The number of rotatable bonds is 2. The van der Waals surface area contributed by atoms with Crippen molar-refractivity contribution in [2.45, 2.75) is 6.10 Å². The van der Waals surface area contributed by atoms with Gasteiger partial charge < -0.3 is 9.47 Å². The molecule has 0 aliphatic carbocycles. The maximum absolute atomic E-state index is 12.5. The zero-order valence-electron chi connectivity index (χ0n) is 7.14. The summed E-state index contributed by atoms with van der Waals surface area (Å²) in [4.78, 5) is 11.0. The van der Waals surface area contributed by atoms with Gasteiger partial charge in [-0.15, -0.1) is 0 Å². The van der Waals surface area contributed by atoms with Gasteiger partial charge >= 0.3 is 5.97 Å². The lowest BCUT2D eigenvalue weighted by Gasteiger charge is -2.08. The van der Waals surface area contributed by atoms with Crippen molar-refractivity contribution in [3.63, 3.8) is 0 Å². The molecular weight excluding hydrogens is 187 g/mol. The van der Waals surface area contributed by atoms with Gasteiger partial charge in [-0.3, -0.25) is 0 Å². The number of halogens is 1. The molecule has 1 aromatic rings. The number of carbonyl (C=O) groups excluding carboxylic acids is 1. The van der Waals surface area contributed by atoms with Gasteiger partial charge in [0, 0.05) is 6.08 Å². The van der Waals surface area contributed by atoms with Crippen molar-refractivity contribution >= 4 is 5.97 Å². The van der Waals surface area contributed by atoms with E-state index in [0.717, 1.165) is 0 Å². The lowest BCUT2D eigenvalue weighted by atomic mass is 10.3. The van der Waals surface area contributed by atoms with Gasteiger partial charge in [-0.05, 0) is 24.3 Å². The highest BCUT2D eigenvalue weighted by atomic mass is 19.1. The van der Waals surface area contributed by atoms with E-state index in [1.807, 2.05) is 0 Å². The first-order valence-electron chi connectivity index (χ1n) is 4.05. The minimum absolute atomic E-state index is 0.345. The smallest absolute Gasteiger partial charge is 0.356 e. The Morgan fingerprint density at radius 3 is 2.57 bits per heavy atom. The molecule has 1 aliphatic rings. The Kier molecular flexibility index (Phi) is 2.18. The fraction of sp³-hybridized carbons (Fsp3) is 0.100. The van der Waals surface area contributed by atoms with Crippen LogP contribution in [0, 0.1) is 5.82 Å². The Morgan fingerprint density at radius 1 is 1.29 bits per heavy atom. The number of carbonyl (C=O) groups is 1. The molecule has 72 valence electrons. The van der Waals surface area contributed by atoms with Crippen LogP contribution in [0.3, 0.4) is 0 Å². The van der Waals surface area contributed by atoms with E-state index in [1.165, 1.54) is 36.6 Å². The van der Waals surface area contributed by atoms with Crippen LogP contribution in [0.4, 0.5) is 4.39 Å². The SMILES string of the molecule is O=C1OC=CC1Oc1ccc(F)cc1. The standard InChI is InChI=1S/C10H7FO3/c11-7-1-3-8(4-2-7)14-9-5-6-13-10(9)12/h1-6,9H. The van der Waals surface area contributed by atoms with Gasteiger partial charge in [-0.1, -0.05) is 0 Å². The summed E-state index contributed by atoms with van der Waals surface area (Å²) < 4.78 is 22.3. The topological polar surface area (TPSA) is 35.5 Å². The van der Waals surface area contributed by atoms with Crippen molar-refractivity contribution in [1.29, 1.82) is 0 Å². The summed E-state index contributed by atoms with van der Waals surface area (Å²) in [7, 11) is 0. The fourth-order valence-electron chi connectivity index (χ4n) is 1.07. The summed E-state index contributed by atoms with van der Waals surface area (Å²) in [6.45, 7) is 0. The van der Waals surface area contributed by atoms with Gasteiger partial charge in [-0.2, -0.15) is 0 Å². The maximum Gasteiger partial charge on any atom is 0.356 e. The quantitative estimate of drug-likeness (QED) is 0.671. The normalized spacial score (nSPS) is 19.5. The second-order valence-corrected chi connectivity index (χ2v) is 2.76. The van der Waals surface area contributed by atoms with E-state index in [9.17, 15) is 9.18 Å². The number of ether oxygens (including phenoxy) is 2. The average Bonchev–Trinajstić information content (AvgIpc) is 2.56. The molecule has 0 saturated heterocycles. The zero-order chi connectivity index (χ0) is 9.97. The van der Waals surface area contributed by atoms with Crippen molar-refractivity contribution in [3.8, 4) is 5.75 Å². The predicted octanol–water partition coefficient (Wildman–Crippen LogP) is 1.64. The van der Waals surface area contributed by atoms with Crippen molar-refractivity contribution in [2.75, 3.05) is 0 Å². The molecule has 0 saturated carbocycles. The summed E-state index contributed by atoms with van der Waals surface area (Å²) in [5.74, 6) is -0.379. The van der Waals surface area contributed by atoms with Crippen LogP contribution in [0.2, 0.25) is 0 Å². The molecule has 0 fully saturated rings. The summed E-state index contributed by atoms with van der Waals surface area (Å²) in [6, 6.07) is 5.43. The molecule has 1 aliphatic heterocycles. The largest absolute Gasteiger partial charge is 0.474 e. The highest BCUT2D eigenvalue weighted by Gasteiger charge is 2.23.